The second kappa shape index (κ2) is 18.1. The van der Waals surface area contributed by atoms with Gasteiger partial charge in [0.15, 0.2) is 6.61 Å². The van der Waals surface area contributed by atoms with Gasteiger partial charge in [0, 0.05) is 24.4 Å². The SMILES string of the molecule is CCCCCC(O)CCC1C(OC(=O)NC(C)(C)C(=O)NCCNCC(C)(C)CC(C)(C)S)CC2Cc3c(cccc3OCC(=O)O)CC21. The Morgan fingerprint density at radius 3 is 2.45 bits per heavy atom. The molecule has 3 rings (SSSR count). The molecule has 2 aliphatic carbocycles. The molecule has 1 saturated carbocycles. The molecule has 0 aliphatic heterocycles. The number of aliphatic carboxylic acids is 1. The van der Waals surface area contributed by atoms with Crippen LogP contribution < -0.4 is 20.7 Å². The number of hydrogen-bond acceptors (Lipinski definition) is 8. The lowest BCUT2D eigenvalue weighted by Gasteiger charge is -2.33. The summed E-state index contributed by atoms with van der Waals surface area (Å²) in [6.07, 6.45) is 6.99. The van der Waals surface area contributed by atoms with Crippen LogP contribution in [-0.2, 0) is 27.2 Å². The lowest BCUT2D eigenvalue weighted by molar-refractivity contribution is -0.139. The molecule has 278 valence electrons. The van der Waals surface area contributed by atoms with Gasteiger partial charge in [-0.05, 0) is 99.2 Å². The number of carboxylic acid groups (broad SMARTS) is 1. The largest absolute Gasteiger partial charge is 0.482 e. The van der Waals surface area contributed by atoms with Crippen LogP contribution in [0.25, 0.3) is 0 Å². The van der Waals surface area contributed by atoms with Crippen LogP contribution in [0.1, 0.15) is 111 Å². The van der Waals surface area contributed by atoms with Crippen LogP contribution in [0, 0.1) is 23.2 Å². The Bertz CT molecular complexity index is 1250. The number of aliphatic hydroxyl groups excluding tert-OH is 1. The number of hydrogen-bond donors (Lipinski definition) is 6. The van der Waals surface area contributed by atoms with Crippen molar-refractivity contribution < 1.29 is 34.1 Å². The lowest BCUT2D eigenvalue weighted by Crippen LogP contribution is -2.56. The van der Waals surface area contributed by atoms with Crippen molar-refractivity contribution in [3.8, 4) is 5.75 Å². The summed E-state index contributed by atoms with van der Waals surface area (Å²) in [5.74, 6) is -0.209. The van der Waals surface area contributed by atoms with Gasteiger partial charge >= 0.3 is 12.1 Å². The molecule has 0 spiro atoms. The molecule has 0 aromatic heterocycles. The number of thiol groups is 1. The Morgan fingerprint density at radius 2 is 1.78 bits per heavy atom. The standard InChI is InChI=1S/C38H63N3O7S/c1-8-9-10-13-27(42)15-16-28-29-19-25-12-11-14-31(47-22-33(43)44)30(25)20-26(29)21-32(28)48-35(46)41-38(6,7)34(45)40-18-17-39-24-36(2,3)23-37(4,5)49/h11-12,14,26-29,32,39,42,49H,8-10,13,15-24H2,1-7H3,(H,40,45)(H,41,46)(H,43,44). The molecule has 2 aliphatic rings. The van der Waals surface area contributed by atoms with Crippen LogP contribution in [0.3, 0.4) is 0 Å². The molecule has 0 bridgehead atoms. The highest BCUT2D eigenvalue weighted by Gasteiger charge is 2.47. The molecule has 11 heteroatoms. The van der Waals surface area contributed by atoms with Gasteiger partial charge in [0.25, 0.3) is 0 Å². The van der Waals surface area contributed by atoms with Crippen molar-refractivity contribution in [2.75, 3.05) is 26.2 Å². The number of carbonyl (C=O) groups excluding carboxylic acids is 2. The Labute approximate surface area is 299 Å². The van der Waals surface area contributed by atoms with E-state index >= 15 is 0 Å². The molecule has 0 heterocycles. The van der Waals surface area contributed by atoms with Gasteiger partial charge in [-0.3, -0.25) is 4.79 Å². The van der Waals surface area contributed by atoms with E-state index < -0.39 is 30.3 Å². The highest BCUT2D eigenvalue weighted by molar-refractivity contribution is 7.81. The minimum atomic E-state index is -1.19. The number of carbonyl (C=O) groups is 3. The van der Waals surface area contributed by atoms with E-state index in [0.717, 1.165) is 62.6 Å². The first-order valence-corrected chi connectivity index (χ1v) is 18.7. The van der Waals surface area contributed by atoms with Crippen LogP contribution in [0.4, 0.5) is 4.79 Å². The summed E-state index contributed by atoms with van der Waals surface area (Å²) in [6.45, 7) is 15.5. The molecule has 1 aromatic carbocycles. The summed E-state index contributed by atoms with van der Waals surface area (Å²) in [4.78, 5) is 37.6. The molecule has 2 amide bonds. The van der Waals surface area contributed by atoms with Crippen molar-refractivity contribution >= 4 is 30.6 Å². The van der Waals surface area contributed by atoms with Crippen LogP contribution in [-0.4, -0.2) is 76.9 Å². The molecule has 1 aromatic rings. The maximum atomic E-state index is 13.3. The monoisotopic (exact) mass is 705 g/mol. The molecule has 0 saturated heterocycles. The Balaban J connectivity index is 1.61. The van der Waals surface area contributed by atoms with Crippen molar-refractivity contribution in [1.29, 1.82) is 0 Å². The smallest absolute Gasteiger partial charge is 0.408 e. The minimum absolute atomic E-state index is 0.0497. The fraction of sp³-hybridized carbons (Fsp3) is 0.763. The molecule has 5 N–H and O–H groups in total. The highest BCUT2D eigenvalue weighted by Crippen LogP contribution is 2.49. The molecule has 0 radical (unpaired) electrons. The number of nitrogens with one attached hydrogen (secondary N) is 3. The fourth-order valence-electron chi connectivity index (χ4n) is 7.97. The highest BCUT2D eigenvalue weighted by atomic mass is 32.1. The van der Waals surface area contributed by atoms with E-state index in [1.165, 1.54) is 0 Å². The predicted molar refractivity (Wildman–Crippen MR) is 196 cm³/mol. The third kappa shape index (κ3) is 13.3. The number of benzene rings is 1. The Kier molecular flexibility index (Phi) is 15.1. The summed E-state index contributed by atoms with van der Waals surface area (Å²) < 4.78 is 11.7. The van der Waals surface area contributed by atoms with Gasteiger partial charge in [-0.25, -0.2) is 9.59 Å². The summed E-state index contributed by atoms with van der Waals surface area (Å²) in [6, 6.07) is 5.78. The van der Waals surface area contributed by atoms with Gasteiger partial charge in [0.2, 0.25) is 5.91 Å². The van der Waals surface area contributed by atoms with Gasteiger partial charge in [-0.2, -0.15) is 12.6 Å². The van der Waals surface area contributed by atoms with E-state index in [-0.39, 0.29) is 39.9 Å². The maximum Gasteiger partial charge on any atom is 0.408 e. The third-order valence-electron chi connectivity index (χ3n) is 9.99. The van der Waals surface area contributed by atoms with Crippen molar-refractivity contribution in [3.63, 3.8) is 0 Å². The van der Waals surface area contributed by atoms with Gasteiger partial charge < -0.3 is 35.6 Å². The third-order valence-corrected chi connectivity index (χ3v) is 10.1. The maximum absolute atomic E-state index is 13.3. The van der Waals surface area contributed by atoms with Crippen molar-refractivity contribution in [3.05, 3.63) is 29.3 Å². The van der Waals surface area contributed by atoms with Crippen LogP contribution in [0.2, 0.25) is 0 Å². The first kappa shape index (κ1) is 40.9. The summed E-state index contributed by atoms with van der Waals surface area (Å²) in [7, 11) is 0. The van der Waals surface area contributed by atoms with E-state index in [4.69, 9.17) is 14.6 Å². The zero-order valence-corrected chi connectivity index (χ0v) is 31.8. The minimum Gasteiger partial charge on any atom is -0.482 e. The number of aliphatic hydroxyl groups is 1. The lowest BCUT2D eigenvalue weighted by atomic mass is 9.73. The number of ether oxygens (including phenoxy) is 2. The second-order valence-electron chi connectivity index (χ2n) is 16.3. The number of rotatable bonds is 20. The molecular formula is C38H63N3O7S. The average molecular weight is 706 g/mol. The zero-order chi connectivity index (χ0) is 36.4. The van der Waals surface area contributed by atoms with E-state index in [2.05, 4.69) is 69.3 Å². The van der Waals surface area contributed by atoms with E-state index in [1.807, 2.05) is 12.1 Å². The molecular weight excluding hydrogens is 642 g/mol. The molecule has 49 heavy (non-hydrogen) atoms. The van der Waals surface area contributed by atoms with E-state index in [1.54, 1.807) is 13.8 Å². The van der Waals surface area contributed by atoms with E-state index in [0.29, 0.717) is 38.1 Å². The summed E-state index contributed by atoms with van der Waals surface area (Å²) in [5, 5.41) is 29.1. The number of unbranched alkanes of at least 4 members (excludes halogenated alkanes) is 2. The Hall–Kier alpha value is -2.50. The van der Waals surface area contributed by atoms with Gasteiger partial charge in [0.1, 0.15) is 17.4 Å². The normalized spacial score (nSPS) is 21.3. The number of alkyl carbamates (subject to hydrolysis) is 1. The summed E-state index contributed by atoms with van der Waals surface area (Å²) >= 11 is 4.66. The Morgan fingerprint density at radius 1 is 1.04 bits per heavy atom. The van der Waals surface area contributed by atoms with Crippen molar-refractivity contribution in [2.45, 2.75) is 135 Å². The topological polar surface area (TPSA) is 146 Å². The second-order valence-corrected chi connectivity index (χ2v) is 17.5. The van der Waals surface area contributed by atoms with Gasteiger partial charge in [-0.15, -0.1) is 0 Å². The van der Waals surface area contributed by atoms with Gasteiger partial charge in [0.05, 0.1) is 6.10 Å². The first-order valence-electron chi connectivity index (χ1n) is 18.2. The number of fused-ring (bicyclic) bond motifs is 2. The van der Waals surface area contributed by atoms with Crippen LogP contribution in [0.5, 0.6) is 5.75 Å². The molecule has 5 atom stereocenters. The predicted octanol–water partition coefficient (Wildman–Crippen LogP) is 5.93. The van der Waals surface area contributed by atoms with Crippen molar-refractivity contribution in [2.24, 2.45) is 23.2 Å². The van der Waals surface area contributed by atoms with Crippen LogP contribution in [0.15, 0.2) is 18.2 Å². The average Bonchev–Trinajstić information content (AvgIpc) is 3.31. The molecule has 1 fully saturated rings. The zero-order valence-electron chi connectivity index (χ0n) is 30.9. The first-order chi connectivity index (χ1) is 22.9. The molecule has 5 unspecified atom stereocenters. The molecule has 10 nitrogen and oxygen atoms in total. The van der Waals surface area contributed by atoms with Crippen LogP contribution >= 0.6 is 12.6 Å². The van der Waals surface area contributed by atoms with E-state index in [9.17, 15) is 19.5 Å². The fourth-order valence-corrected chi connectivity index (χ4v) is 8.40. The summed E-state index contributed by atoms with van der Waals surface area (Å²) in [5.41, 5.74) is 1.02. The van der Waals surface area contributed by atoms with Gasteiger partial charge in [-0.1, -0.05) is 66.0 Å². The van der Waals surface area contributed by atoms with Crippen molar-refractivity contribution in [1.82, 2.24) is 16.0 Å². The number of amides is 2. The number of carboxylic acids is 1. The quantitative estimate of drug-likeness (QED) is 0.0724.